The Bertz CT molecular complexity index is 1020. The molecule has 0 saturated heterocycles. The lowest BCUT2D eigenvalue weighted by molar-refractivity contribution is -0.143. The minimum Gasteiger partial charge on any atom is -0.466 e. The first-order valence-corrected chi connectivity index (χ1v) is 31.0. The number of aliphatic hydroxyl groups excluding tert-OH is 2. The van der Waals surface area contributed by atoms with E-state index >= 15 is 0 Å². The summed E-state index contributed by atoms with van der Waals surface area (Å²) < 4.78 is 5.49. The van der Waals surface area contributed by atoms with Gasteiger partial charge in [0.05, 0.1) is 25.4 Å². The van der Waals surface area contributed by atoms with Gasteiger partial charge in [-0.25, -0.2) is 0 Å². The number of unbranched alkanes of at least 4 members (excludes halogenated alkanes) is 47. The Morgan fingerprint density at radius 3 is 1.00 bits per heavy atom. The van der Waals surface area contributed by atoms with Crippen molar-refractivity contribution in [3.05, 3.63) is 12.2 Å². The zero-order chi connectivity index (χ0) is 49.3. The lowest BCUT2D eigenvalue weighted by Gasteiger charge is -2.20. The summed E-state index contributed by atoms with van der Waals surface area (Å²) in [5.74, 6) is -0.0684. The van der Waals surface area contributed by atoms with Crippen molar-refractivity contribution in [2.75, 3.05) is 13.2 Å². The summed E-state index contributed by atoms with van der Waals surface area (Å²) in [4.78, 5) is 24.6. The summed E-state index contributed by atoms with van der Waals surface area (Å²) in [5.41, 5.74) is 0. The topological polar surface area (TPSA) is 95.9 Å². The SMILES string of the molecule is CCCCCCCCCCCCCCCCCCC/C=C/C(O)C(CO)NC(=O)CCCCCCCCCCCCCCCCCOC(=O)CCCCCCCCCCCCCCCCCCC. The number of rotatable bonds is 58. The highest BCUT2D eigenvalue weighted by atomic mass is 16.5. The third-order valence-electron chi connectivity index (χ3n) is 14.6. The van der Waals surface area contributed by atoms with E-state index in [1.165, 1.54) is 276 Å². The average Bonchev–Trinajstić information content (AvgIpc) is 3.34. The maximum Gasteiger partial charge on any atom is 0.305 e. The second kappa shape index (κ2) is 58.2. The highest BCUT2D eigenvalue weighted by Gasteiger charge is 2.18. The van der Waals surface area contributed by atoms with Crippen LogP contribution in [0.3, 0.4) is 0 Å². The van der Waals surface area contributed by atoms with Crippen LogP contribution in [0, 0.1) is 0 Å². The Labute approximate surface area is 425 Å². The molecular weight excluding hydrogens is 839 g/mol. The minimum absolute atomic E-state index is 0.00441. The monoisotopic (exact) mass is 960 g/mol. The van der Waals surface area contributed by atoms with Crippen molar-refractivity contribution < 1.29 is 24.5 Å². The number of hydrogen-bond acceptors (Lipinski definition) is 5. The van der Waals surface area contributed by atoms with Gasteiger partial charge in [0.1, 0.15) is 0 Å². The van der Waals surface area contributed by atoms with Crippen LogP contribution in [0.4, 0.5) is 0 Å². The van der Waals surface area contributed by atoms with Gasteiger partial charge in [-0.3, -0.25) is 9.59 Å². The number of aliphatic hydroxyl groups is 2. The van der Waals surface area contributed by atoms with Gasteiger partial charge in [0.2, 0.25) is 5.91 Å². The van der Waals surface area contributed by atoms with Crippen molar-refractivity contribution in [1.82, 2.24) is 5.32 Å². The highest BCUT2D eigenvalue weighted by Crippen LogP contribution is 2.18. The molecule has 0 aliphatic carbocycles. The fourth-order valence-corrected chi connectivity index (χ4v) is 9.81. The summed E-state index contributed by atoms with van der Waals surface area (Å²) in [6.45, 7) is 4.92. The van der Waals surface area contributed by atoms with Gasteiger partial charge in [-0.05, 0) is 32.1 Å². The van der Waals surface area contributed by atoms with Gasteiger partial charge in [-0.1, -0.05) is 315 Å². The molecule has 0 spiro atoms. The van der Waals surface area contributed by atoms with Crippen LogP contribution in [0.25, 0.3) is 0 Å². The molecule has 3 N–H and O–H groups in total. The number of allylic oxidation sites excluding steroid dienone is 1. The molecular formula is C62H121NO5. The Morgan fingerprint density at radius 1 is 0.397 bits per heavy atom. The first kappa shape index (κ1) is 66.6. The number of carbonyl (C=O) groups excluding carboxylic acids is 2. The smallest absolute Gasteiger partial charge is 0.305 e. The van der Waals surface area contributed by atoms with Crippen LogP contribution >= 0.6 is 0 Å². The van der Waals surface area contributed by atoms with Crippen LogP contribution in [-0.2, 0) is 14.3 Å². The van der Waals surface area contributed by atoms with Gasteiger partial charge in [0, 0.05) is 12.8 Å². The first-order chi connectivity index (χ1) is 33.5. The molecule has 6 nitrogen and oxygen atoms in total. The van der Waals surface area contributed by atoms with E-state index in [0.717, 1.165) is 44.9 Å². The van der Waals surface area contributed by atoms with Gasteiger partial charge in [-0.15, -0.1) is 0 Å². The maximum atomic E-state index is 12.5. The molecule has 0 heterocycles. The number of esters is 1. The van der Waals surface area contributed by atoms with E-state index in [4.69, 9.17) is 4.74 Å². The lowest BCUT2D eigenvalue weighted by Crippen LogP contribution is -2.45. The van der Waals surface area contributed by atoms with Crippen LogP contribution in [-0.4, -0.2) is 47.4 Å². The van der Waals surface area contributed by atoms with Gasteiger partial charge >= 0.3 is 5.97 Å². The molecule has 0 saturated carbocycles. The van der Waals surface area contributed by atoms with Crippen molar-refractivity contribution >= 4 is 11.9 Å². The zero-order valence-corrected chi connectivity index (χ0v) is 46.1. The third-order valence-corrected chi connectivity index (χ3v) is 14.6. The van der Waals surface area contributed by atoms with Crippen LogP contribution in [0.1, 0.15) is 348 Å². The standard InChI is InChI=1S/C62H121NO5/c1-3-5-7-9-11-13-15-17-19-21-22-24-26-30-34-38-42-46-50-54-60(65)59(58-64)63-61(66)55-51-47-43-39-35-31-27-25-29-33-37-41-45-49-53-57-68-62(67)56-52-48-44-40-36-32-28-23-20-18-16-14-12-10-8-6-4-2/h50,54,59-60,64-65H,3-49,51-53,55-58H2,1-2H3,(H,63,66)/b54-50+. The molecule has 2 atom stereocenters. The lowest BCUT2D eigenvalue weighted by atomic mass is 10.0. The van der Waals surface area contributed by atoms with Crippen molar-refractivity contribution in [3.8, 4) is 0 Å². The van der Waals surface area contributed by atoms with E-state index in [2.05, 4.69) is 19.2 Å². The molecule has 1 amide bonds. The number of amides is 1. The number of nitrogens with one attached hydrogen (secondary N) is 1. The minimum atomic E-state index is -0.850. The normalized spacial score (nSPS) is 12.6. The van der Waals surface area contributed by atoms with Gasteiger partial charge in [0.15, 0.2) is 0 Å². The van der Waals surface area contributed by atoms with E-state index in [1.807, 2.05) is 6.08 Å². The second-order valence-corrected chi connectivity index (χ2v) is 21.4. The highest BCUT2D eigenvalue weighted by molar-refractivity contribution is 5.76. The first-order valence-electron chi connectivity index (χ1n) is 31.0. The molecule has 0 rings (SSSR count). The predicted molar refractivity (Wildman–Crippen MR) is 297 cm³/mol. The summed E-state index contributed by atoms with van der Waals surface area (Å²) in [7, 11) is 0. The summed E-state index contributed by atoms with van der Waals surface area (Å²) >= 11 is 0. The Morgan fingerprint density at radius 2 is 0.676 bits per heavy atom. The molecule has 0 aromatic carbocycles. The third kappa shape index (κ3) is 53.9. The molecule has 404 valence electrons. The Hall–Kier alpha value is -1.40. The molecule has 0 aromatic rings. The van der Waals surface area contributed by atoms with Gasteiger partial charge in [-0.2, -0.15) is 0 Å². The molecule has 0 aromatic heterocycles. The van der Waals surface area contributed by atoms with E-state index in [9.17, 15) is 19.8 Å². The fraction of sp³-hybridized carbons (Fsp3) is 0.935. The number of carbonyl (C=O) groups is 2. The number of ether oxygens (including phenoxy) is 1. The van der Waals surface area contributed by atoms with Crippen LogP contribution in [0.2, 0.25) is 0 Å². The van der Waals surface area contributed by atoms with Crippen molar-refractivity contribution in [2.24, 2.45) is 0 Å². The molecule has 0 aliphatic rings. The average molecular weight is 961 g/mol. The fourth-order valence-electron chi connectivity index (χ4n) is 9.81. The number of hydrogen-bond donors (Lipinski definition) is 3. The van der Waals surface area contributed by atoms with Gasteiger partial charge in [0.25, 0.3) is 0 Å². The van der Waals surface area contributed by atoms with Gasteiger partial charge < -0.3 is 20.3 Å². The largest absolute Gasteiger partial charge is 0.466 e. The molecule has 2 unspecified atom stereocenters. The van der Waals surface area contributed by atoms with Crippen molar-refractivity contribution in [3.63, 3.8) is 0 Å². The quantitative estimate of drug-likeness (QED) is 0.0321. The summed E-state index contributed by atoms with van der Waals surface area (Å²) in [5, 5.41) is 23.2. The molecule has 0 fully saturated rings. The Balaban J connectivity index is 3.44. The second-order valence-electron chi connectivity index (χ2n) is 21.4. The van der Waals surface area contributed by atoms with Crippen LogP contribution in [0.5, 0.6) is 0 Å². The van der Waals surface area contributed by atoms with E-state index in [1.54, 1.807) is 6.08 Å². The molecule has 0 bridgehead atoms. The molecule has 0 aliphatic heterocycles. The maximum absolute atomic E-state index is 12.5. The zero-order valence-electron chi connectivity index (χ0n) is 46.1. The molecule has 6 heteroatoms. The van der Waals surface area contributed by atoms with Crippen LogP contribution in [0.15, 0.2) is 12.2 Å². The molecule has 68 heavy (non-hydrogen) atoms. The van der Waals surface area contributed by atoms with E-state index in [-0.39, 0.29) is 18.5 Å². The van der Waals surface area contributed by atoms with E-state index < -0.39 is 12.1 Å². The predicted octanol–water partition coefficient (Wildman–Crippen LogP) is 19.2. The van der Waals surface area contributed by atoms with E-state index in [0.29, 0.717) is 19.4 Å². The Kier molecular flexibility index (Phi) is 57.0. The summed E-state index contributed by atoms with van der Waals surface area (Å²) in [6.07, 6.45) is 69.5. The van der Waals surface area contributed by atoms with Crippen molar-refractivity contribution in [2.45, 2.75) is 360 Å². The van der Waals surface area contributed by atoms with Crippen LogP contribution < -0.4 is 5.32 Å². The van der Waals surface area contributed by atoms with Crippen molar-refractivity contribution in [1.29, 1.82) is 0 Å². The summed E-state index contributed by atoms with van der Waals surface area (Å²) in [6, 6.07) is -0.634. The molecule has 0 radical (unpaired) electrons.